The summed E-state index contributed by atoms with van der Waals surface area (Å²) in [6.07, 6.45) is 3.20. The topological polar surface area (TPSA) is 64.1 Å². The van der Waals surface area contributed by atoms with Gasteiger partial charge in [0.25, 0.3) is 0 Å². The van der Waals surface area contributed by atoms with Gasteiger partial charge in [0.1, 0.15) is 6.26 Å². The number of benzene rings is 1. The number of anilines is 1. The third-order valence-corrected chi connectivity index (χ3v) is 3.35. The van der Waals surface area contributed by atoms with Gasteiger partial charge in [-0.2, -0.15) is 4.98 Å². The molecule has 0 fully saturated rings. The van der Waals surface area contributed by atoms with Crippen LogP contribution in [-0.2, 0) is 0 Å². The molecule has 5 nitrogen and oxygen atoms in total. The lowest BCUT2D eigenvalue weighted by molar-refractivity contribution is 0.370. The highest BCUT2D eigenvalue weighted by Crippen LogP contribution is 2.35. The van der Waals surface area contributed by atoms with Gasteiger partial charge in [-0.25, -0.2) is 0 Å². The summed E-state index contributed by atoms with van der Waals surface area (Å²) >= 11 is 0. The van der Waals surface area contributed by atoms with Crippen LogP contribution in [0.4, 0.5) is 5.69 Å². The number of nitrogens with one attached hydrogen (secondary N) is 1. The molecular weight excluding hydrogens is 242 g/mol. The van der Waals surface area contributed by atoms with Gasteiger partial charge in [-0.15, -0.1) is 0 Å². The minimum atomic E-state index is 0.115. The predicted molar refractivity (Wildman–Crippen MR) is 68.8 cm³/mol. The molecule has 1 aliphatic rings. The van der Waals surface area contributed by atoms with Crippen molar-refractivity contribution < 1.29 is 8.94 Å². The second kappa shape index (κ2) is 3.98. The maximum absolute atomic E-state index is 5.39. The lowest BCUT2D eigenvalue weighted by atomic mass is 10.0. The SMILES string of the molecule is c1ccc2c(c1)NCC2c1nc(-c2ccoc2)no1. The Balaban J connectivity index is 1.71. The van der Waals surface area contributed by atoms with E-state index in [1.807, 2.05) is 18.2 Å². The summed E-state index contributed by atoms with van der Waals surface area (Å²) in [4.78, 5) is 4.46. The molecule has 1 aliphatic heterocycles. The largest absolute Gasteiger partial charge is 0.472 e. The van der Waals surface area contributed by atoms with E-state index in [1.165, 1.54) is 5.56 Å². The Kier molecular flexibility index (Phi) is 2.17. The average molecular weight is 253 g/mol. The van der Waals surface area contributed by atoms with Crippen molar-refractivity contribution in [2.24, 2.45) is 0 Å². The van der Waals surface area contributed by atoms with Gasteiger partial charge in [0.05, 0.1) is 17.7 Å². The molecule has 1 atom stereocenters. The number of para-hydroxylation sites is 1. The van der Waals surface area contributed by atoms with Gasteiger partial charge in [0.15, 0.2) is 0 Å². The van der Waals surface area contributed by atoms with Gasteiger partial charge in [0, 0.05) is 12.2 Å². The standard InChI is InChI=1S/C14H11N3O2/c1-2-4-12-10(3-1)11(7-15-12)14-16-13(17-19-14)9-5-6-18-8-9/h1-6,8,11,15H,7H2. The number of hydrogen-bond acceptors (Lipinski definition) is 5. The van der Waals surface area contributed by atoms with Crippen molar-refractivity contribution in [3.8, 4) is 11.4 Å². The summed E-state index contributed by atoms with van der Waals surface area (Å²) in [5, 5.41) is 7.35. The molecule has 0 amide bonds. The van der Waals surface area contributed by atoms with Crippen molar-refractivity contribution in [1.29, 1.82) is 0 Å². The van der Waals surface area contributed by atoms with E-state index in [2.05, 4.69) is 27.6 Å². The quantitative estimate of drug-likeness (QED) is 0.760. The Labute approximate surface area is 109 Å². The fourth-order valence-electron chi connectivity index (χ4n) is 2.39. The summed E-state index contributed by atoms with van der Waals surface area (Å²) in [5.41, 5.74) is 3.16. The molecular formula is C14H11N3O2. The molecule has 94 valence electrons. The molecule has 0 radical (unpaired) electrons. The second-order valence-corrected chi connectivity index (χ2v) is 4.49. The Morgan fingerprint density at radius 1 is 1.21 bits per heavy atom. The molecule has 3 heterocycles. The predicted octanol–water partition coefficient (Wildman–Crippen LogP) is 2.89. The van der Waals surface area contributed by atoms with Crippen LogP contribution in [0.1, 0.15) is 17.4 Å². The number of fused-ring (bicyclic) bond motifs is 1. The third-order valence-electron chi connectivity index (χ3n) is 3.35. The van der Waals surface area contributed by atoms with E-state index in [0.29, 0.717) is 11.7 Å². The Morgan fingerprint density at radius 2 is 2.16 bits per heavy atom. The number of rotatable bonds is 2. The molecule has 5 heteroatoms. The molecule has 4 rings (SSSR count). The van der Waals surface area contributed by atoms with Crippen LogP contribution in [0.25, 0.3) is 11.4 Å². The highest BCUT2D eigenvalue weighted by molar-refractivity contribution is 5.59. The Morgan fingerprint density at radius 3 is 3.05 bits per heavy atom. The molecule has 2 aromatic heterocycles. The summed E-state index contributed by atoms with van der Waals surface area (Å²) in [6, 6.07) is 9.99. The van der Waals surface area contributed by atoms with E-state index < -0.39 is 0 Å². The van der Waals surface area contributed by atoms with Crippen LogP contribution >= 0.6 is 0 Å². The van der Waals surface area contributed by atoms with Crippen LogP contribution in [-0.4, -0.2) is 16.7 Å². The lowest BCUT2D eigenvalue weighted by Crippen LogP contribution is -2.03. The summed E-state index contributed by atoms with van der Waals surface area (Å²) in [5.74, 6) is 1.31. The Bertz CT molecular complexity index is 703. The normalized spacial score (nSPS) is 17.2. The van der Waals surface area contributed by atoms with Gasteiger partial charge >= 0.3 is 0 Å². The Hall–Kier alpha value is -2.56. The highest BCUT2D eigenvalue weighted by atomic mass is 16.5. The summed E-state index contributed by atoms with van der Waals surface area (Å²) < 4.78 is 10.4. The number of nitrogens with zero attached hydrogens (tertiary/aromatic N) is 2. The average Bonchev–Trinajstić information content (AvgIpc) is 3.18. The number of hydrogen-bond donors (Lipinski definition) is 1. The van der Waals surface area contributed by atoms with Crippen molar-refractivity contribution >= 4 is 5.69 Å². The van der Waals surface area contributed by atoms with Crippen LogP contribution in [0, 0.1) is 0 Å². The molecule has 0 saturated heterocycles. The molecule has 0 aliphatic carbocycles. The smallest absolute Gasteiger partial charge is 0.236 e. The molecule has 19 heavy (non-hydrogen) atoms. The molecule has 3 aromatic rings. The molecule has 1 aromatic carbocycles. The fourth-order valence-corrected chi connectivity index (χ4v) is 2.39. The van der Waals surface area contributed by atoms with Gasteiger partial charge in [0.2, 0.25) is 11.7 Å². The zero-order valence-electron chi connectivity index (χ0n) is 10.0. The van der Waals surface area contributed by atoms with E-state index in [4.69, 9.17) is 8.94 Å². The maximum Gasteiger partial charge on any atom is 0.236 e. The van der Waals surface area contributed by atoms with Gasteiger partial charge in [-0.3, -0.25) is 0 Å². The summed E-state index contributed by atoms with van der Waals surface area (Å²) in [6.45, 7) is 0.784. The highest BCUT2D eigenvalue weighted by Gasteiger charge is 2.28. The molecule has 1 unspecified atom stereocenters. The van der Waals surface area contributed by atoms with Crippen molar-refractivity contribution in [3.63, 3.8) is 0 Å². The zero-order chi connectivity index (χ0) is 12.7. The van der Waals surface area contributed by atoms with Crippen molar-refractivity contribution in [3.05, 3.63) is 54.3 Å². The first-order valence-corrected chi connectivity index (χ1v) is 6.11. The minimum absolute atomic E-state index is 0.115. The van der Waals surface area contributed by atoms with Crippen LogP contribution in [0.15, 0.2) is 51.8 Å². The van der Waals surface area contributed by atoms with Crippen LogP contribution < -0.4 is 5.32 Å². The summed E-state index contributed by atoms with van der Waals surface area (Å²) in [7, 11) is 0. The van der Waals surface area contributed by atoms with Crippen LogP contribution in [0.3, 0.4) is 0 Å². The molecule has 1 N–H and O–H groups in total. The van der Waals surface area contributed by atoms with E-state index in [1.54, 1.807) is 12.5 Å². The minimum Gasteiger partial charge on any atom is -0.472 e. The molecule has 0 bridgehead atoms. The van der Waals surface area contributed by atoms with Crippen LogP contribution in [0.2, 0.25) is 0 Å². The fraction of sp³-hybridized carbons (Fsp3) is 0.143. The number of furan rings is 1. The monoisotopic (exact) mass is 253 g/mol. The van der Waals surface area contributed by atoms with Gasteiger partial charge in [-0.1, -0.05) is 23.4 Å². The van der Waals surface area contributed by atoms with E-state index in [-0.39, 0.29) is 5.92 Å². The third kappa shape index (κ3) is 1.62. The molecule has 0 saturated carbocycles. The second-order valence-electron chi connectivity index (χ2n) is 4.49. The van der Waals surface area contributed by atoms with Crippen molar-refractivity contribution in [2.45, 2.75) is 5.92 Å². The first-order valence-electron chi connectivity index (χ1n) is 6.11. The molecule has 0 spiro atoms. The van der Waals surface area contributed by atoms with Crippen LogP contribution in [0.5, 0.6) is 0 Å². The number of aromatic nitrogens is 2. The van der Waals surface area contributed by atoms with Crippen molar-refractivity contribution in [1.82, 2.24) is 10.1 Å². The zero-order valence-corrected chi connectivity index (χ0v) is 10.0. The lowest BCUT2D eigenvalue weighted by Gasteiger charge is -2.02. The van der Waals surface area contributed by atoms with E-state index >= 15 is 0 Å². The van der Waals surface area contributed by atoms with Crippen molar-refractivity contribution in [2.75, 3.05) is 11.9 Å². The van der Waals surface area contributed by atoms with Gasteiger partial charge in [-0.05, 0) is 17.7 Å². The van der Waals surface area contributed by atoms with E-state index in [9.17, 15) is 0 Å². The maximum atomic E-state index is 5.39. The van der Waals surface area contributed by atoms with Gasteiger partial charge < -0.3 is 14.3 Å². The van der Waals surface area contributed by atoms with E-state index in [0.717, 1.165) is 17.8 Å². The first kappa shape index (κ1) is 10.4. The first-order chi connectivity index (χ1) is 9.42.